The average Bonchev–Trinajstić information content (AvgIpc) is 2.53. The van der Waals surface area contributed by atoms with E-state index < -0.39 is 6.03 Å². The summed E-state index contributed by atoms with van der Waals surface area (Å²) in [7, 11) is 0. The first-order chi connectivity index (χ1) is 10.6. The number of carbonyl (C=O) groups excluding carboxylic acids is 2. The first-order valence-electron chi connectivity index (χ1n) is 7.69. The summed E-state index contributed by atoms with van der Waals surface area (Å²) in [5.74, 6) is 0.662. The van der Waals surface area contributed by atoms with Crippen LogP contribution in [0, 0.1) is 0 Å². The maximum Gasteiger partial charge on any atom is 0.312 e. The van der Waals surface area contributed by atoms with Gasteiger partial charge in [0.25, 0.3) is 5.91 Å². The fourth-order valence-corrected chi connectivity index (χ4v) is 2.75. The highest BCUT2D eigenvalue weighted by molar-refractivity contribution is 5.95. The molecule has 1 aromatic rings. The van der Waals surface area contributed by atoms with Gasteiger partial charge >= 0.3 is 6.03 Å². The molecule has 0 bridgehead atoms. The van der Waals surface area contributed by atoms with Crippen molar-refractivity contribution in [2.75, 3.05) is 19.7 Å². The second-order valence-electron chi connectivity index (χ2n) is 5.35. The standard InChI is InChI=1S/C16H23N3O3/c1-2-22-14-8-5-6-12(10-14)15(20)19-9-4-3-7-13(19)11-18-16(17)21/h5-6,8,10,13H,2-4,7,9,11H2,1H3,(H3,17,18,21)/t13-/m0/s1. The lowest BCUT2D eigenvalue weighted by Gasteiger charge is -2.35. The van der Waals surface area contributed by atoms with Gasteiger partial charge in [0.15, 0.2) is 0 Å². The van der Waals surface area contributed by atoms with Crippen LogP contribution in [-0.2, 0) is 0 Å². The molecule has 22 heavy (non-hydrogen) atoms. The number of carbonyl (C=O) groups is 2. The number of nitrogens with two attached hydrogens (primary N) is 1. The zero-order valence-corrected chi connectivity index (χ0v) is 12.9. The van der Waals surface area contributed by atoms with E-state index in [4.69, 9.17) is 10.5 Å². The Bertz CT molecular complexity index is 533. The van der Waals surface area contributed by atoms with Crippen LogP contribution in [0.15, 0.2) is 24.3 Å². The van der Waals surface area contributed by atoms with Gasteiger partial charge in [-0.2, -0.15) is 0 Å². The lowest BCUT2D eigenvalue weighted by Crippen LogP contribution is -2.50. The van der Waals surface area contributed by atoms with Crippen LogP contribution in [0.1, 0.15) is 36.5 Å². The fraction of sp³-hybridized carbons (Fsp3) is 0.500. The number of likely N-dealkylation sites (tertiary alicyclic amines) is 1. The Kier molecular flexibility index (Phi) is 5.63. The van der Waals surface area contributed by atoms with Gasteiger partial charge < -0.3 is 20.7 Å². The Labute approximate surface area is 130 Å². The van der Waals surface area contributed by atoms with Gasteiger partial charge in [0.05, 0.1) is 6.61 Å². The molecule has 0 saturated carbocycles. The molecule has 6 heteroatoms. The quantitative estimate of drug-likeness (QED) is 0.869. The van der Waals surface area contributed by atoms with Gasteiger partial charge in [0.2, 0.25) is 0 Å². The highest BCUT2D eigenvalue weighted by Crippen LogP contribution is 2.21. The summed E-state index contributed by atoms with van der Waals surface area (Å²) in [6.45, 7) is 3.56. The highest BCUT2D eigenvalue weighted by Gasteiger charge is 2.27. The number of urea groups is 1. The molecule has 0 spiro atoms. The minimum atomic E-state index is -0.559. The van der Waals surface area contributed by atoms with Crippen LogP contribution in [0.4, 0.5) is 4.79 Å². The lowest BCUT2D eigenvalue weighted by atomic mass is 10.0. The van der Waals surface area contributed by atoms with Gasteiger partial charge in [0, 0.05) is 24.7 Å². The van der Waals surface area contributed by atoms with Crippen LogP contribution >= 0.6 is 0 Å². The number of piperidine rings is 1. The molecule has 1 saturated heterocycles. The van der Waals surface area contributed by atoms with Crippen molar-refractivity contribution in [1.82, 2.24) is 10.2 Å². The molecule has 120 valence electrons. The maximum absolute atomic E-state index is 12.7. The molecule has 2 rings (SSSR count). The van der Waals surface area contributed by atoms with Crippen LogP contribution in [-0.4, -0.2) is 42.6 Å². The first kappa shape index (κ1) is 16.1. The van der Waals surface area contributed by atoms with E-state index >= 15 is 0 Å². The molecule has 1 aliphatic heterocycles. The second-order valence-corrected chi connectivity index (χ2v) is 5.35. The predicted molar refractivity (Wildman–Crippen MR) is 83.9 cm³/mol. The Morgan fingerprint density at radius 3 is 2.95 bits per heavy atom. The van der Waals surface area contributed by atoms with Crippen LogP contribution in [0.25, 0.3) is 0 Å². The molecule has 3 amide bonds. The number of nitrogens with one attached hydrogen (secondary N) is 1. The van der Waals surface area contributed by atoms with E-state index in [2.05, 4.69) is 5.32 Å². The summed E-state index contributed by atoms with van der Waals surface area (Å²) < 4.78 is 5.45. The number of primary amides is 1. The number of amides is 3. The van der Waals surface area contributed by atoms with Crippen molar-refractivity contribution in [2.45, 2.75) is 32.2 Å². The van der Waals surface area contributed by atoms with Gasteiger partial charge in [-0.15, -0.1) is 0 Å². The Morgan fingerprint density at radius 1 is 1.41 bits per heavy atom. The Hall–Kier alpha value is -2.24. The number of rotatable bonds is 5. The number of nitrogens with zero attached hydrogens (tertiary/aromatic N) is 1. The first-order valence-corrected chi connectivity index (χ1v) is 7.69. The van der Waals surface area contributed by atoms with Crippen LogP contribution in [0.2, 0.25) is 0 Å². The topological polar surface area (TPSA) is 84.7 Å². The smallest absolute Gasteiger partial charge is 0.312 e. The SMILES string of the molecule is CCOc1cccc(C(=O)N2CCCC[C@H]2CNC(N)=O)c1. The van der Waals surface area contributed by atoms with Crippen LogP contribution in [0.5, 0.6) is 5.75 Å². The van der Waals surface area contributed by atoms with Crippen LogP contribution in [0.3, 0.4) is 0 Å². The number of hydrogen-bond acceptors (Lipinski definition) is 3. The van der Waals surface area contributed by atoms with Crippen LogP contribution < -0.4 is 15.8 Å². The van der Waals surface area contributed by atoms with Gasteiger partial charge in [0.1, 0.15) is 5.75 Å². The van der Waals surface area contributed by atoms with E-state index in [9.17, 15) is 9.59 Å². The molecule has 1 aliphatic rings. The molecule has 1 heterocycles. The van der Waals surface area contributed by atoms with Crippen molar-refractivity contribution < 1.29 is 14.3 Å². The molecule has 1 atom stereocenters. The molecule has 0 unspecified atom stereocenters. The van der Waals surface area contributed by atoms with Gasteiger partial charge in [-0.05, 0) is 44.4 Å². The Balaban J connectivity index is 2.10. The molecule has 6 nitrogen and oxygen atoms in total. The number of benzene rings is 1. The lowest BCUT2D eigenvalue weighted by molar-refractivity contribution is 0.0614. The van der Waals surface area contributed by atoms with Crippen molar-refractivity contribution in [3.8, 4) is 5.75 Å². The third-order valence-corrected chi connectivity index (χ3v) is 3.79. The zero-order valence-electron chi connectivity index (χ0n) is 12.9. The summed E-state index contributed by atoms with van der Waals surface area (Å²) >= 11 is 0. The summed E-state index contributed by atoms with van der Waals surface area (Å²) in [6, 6.07) is 6.64. The number of ether oxygens (including phenoxy) is 1. The van der Waals surface area contributed by atoms with Crippen molar-refractivity contribution >= 4 is 11.9 Å². The van der Waals surface area contributed by atoms with Crippen molar-refractivity contribution in [3.63, 3.8) is 0 Å². The summed E-state index contributed by atoms with van der Waals surface area (Å²) in [5.41, 5.74) is 5.73. The van der Waals surface area contributed by atoms with E-state index in [1.54, 1.807) is 12.1 Å². The molecule has 1 aromatic carbocycles. The summed E-state index contributed by atoms with van der Waals surface area (Å²) in [5, 5.41) is 2.60. The summed E-state index contributed by atoms with van der Waals surface area (Å²) in [6.07, 6.45) is 2.90. The average molecular weight is 305 g/mol. The minimum absolute atomic E-state index is 0.00972. The molecule has 1 fully saturated rings. The third-order valence-electron chi connectivity index (χ3n) is 3.79. The largest absolute Gasteiger partial charge is 0.494 e. The van der Waals surface area contributed by atoms with Crippen molar-refractivity contribution in [2.24, 2.45) is 5.73 Å². The zero-order chi connectivity index (χ0) is 15.9. The number of hydrogen-bond donors (Lipinski definition) is 2. The van der Waals surface area contributed by atoms with Gasteiger partial charge in [-0.3, -0.25) is 4.79 Å². The normalized spacial score (nSPS) is 17.9. The molecule has 0 aromatic heterocycles. The maximum atomic E-state index is 12.7. The van der Waals surface area contributed by atoms with E-state index in [-0.39, 0.29) is 11.9 Å². The van der Waals surface area contributed by atoms with Gasteiger partial charge in [-0.1, -0.05) is 6.07 Å². The predicted octanol–water partition coefficient (Wildman–Crippen LogP) is 1.75. The molecular weight excluding hydrogens is 282 g/mol. The monoisotopic (exact) mass is 305 g/mol. The molecular formula is C16H23N3O3. The van der Waals surface area contributed by atoms with E-state index in [1.807, 2.05) is 24.0 Å². The fourth-order valence-electron chi connectivity index (χ4n) is 2.75. The van der Waals surface area contributed by atoms with Crippen molar-refractivity contribution in [3.05, 3.63) is 29.8 Å². The summed E-state index contributed by atoms with van der Waals surface area (Å²) in [4.78, 5) is 25.5. The minimum Gasteiger partial charge on any atom is -0.494 e. The van der Waals surface area contributed by atoms with Crippen molar-refractivity contribution in [1.29, 1.82) is 0 Å². The van der Waals surface area contributed by atoms with E-state index in [0.29, 0.717) is 31.0 Å². The highest BCUT2D eigenvalue weighted by atomic mass is 16.5. The molecule has 3 N–H and O–H groups in total. The van der Waals surface area contributed by atoms with Gasteiger partial charge in [-0.25, -0.2) is 4.79 Å². The third kappa shape index (κ3) is 4.13. The van der Waals surface area contributed by atoms with E-state index in [1.165, 1.54) is 0 Å². The molecule has 0 radical (unpaired) electrons. The van der Waals surface area contributed by atoms with E-state index in [0.717, 1.165) is 19.3 Å². The second kappa shape index (κ2) is 7.68. The Morgan fingerprint density at radius 2 is 2.23 bits per heavy atom. The molecule has 0 aliphatic carbocycles.